The van der Waals surface area contributed by atoms with Gasteiger partial charge in [0, 0.05) is 17.3 Å². The molecule has 0 amide bonds. The molecule has 0 fully saturated rings. The van der Waals surface area contributed by atoms with E-state index in [4.69, 9.17) is 10.2 Å². The fourth-order valence-electron chi connectivity index (χ4n) is 1.26. The van der Waals surface area contributed by atoms with E-state index >= 15 is 0 Å². The van der Waals surface area contributed by atoms with E-state index in [1.165, 1.54) is 0 Å². The SMILES string of the molecule is Cc1cc(SCC(C)CO)ccc1C(=O)O. The molecule has 0 heterocycles. The number of aliphatic hydroxyl groups excluding tert-OH is 1. The van der Waals surface area contributed by atoms with E-state index in [-0.39, 0.29) is 12.5 Å². The van der Waals surface area contributed by atoms with Crippen LogP contribution in [0.15, 0.2) is 23.1 Å². The monoisotopic (exact) mass is 240 g/mol. The zero-order valence-electron chi connectivity index (χ0n) is 9.43. The van der Waals surface area contributed by atoms with Gasteiger partial charge in [0.25, 0.3) is 0 Å². The Morgan fingerprint density at radius 1 is 1.50 bits per heavy atom. The van der Waals surface area contributed by atoms with Crippen molar-refractivity contribution in [2.75, 3.05) is 12.4 Å². The average Bonchev–Trinajstić information content (AvgIpc) is 2.25. The molecule has 0 radical (unpaired) electrons. The van der Waals surface area contributed by atoms with E-state index in [9.17, 15) is 4.79 Å². The lowest BCUT2D eigenvalue weighted by molar-refractivity contribution is 0.0696. The lowest BCUT2D eigenvalue weighted by Gasteiger charge is -2.08. The first kappa shape index (κ1) is 13.1. The van der Waals surface area contributed by atoms with Crippen LogP contribution in [0.4, 0.5) is 0 Å². The van der Waals surface area contributed by atoms with Crippen LogP contribution >= 0.6 is 11.8 Å². The third kappa shape index (κ3) is 3.54. The van der Waals surface area contributed by atoms with Gasteiger partial charge in [-0.05, 0) is 36.6 Å². The molecule has 0 aliphatic carbocycles. The average molecular weight is 240 g/mol. The van der Waals surface area contributed by atoms with E-state index in [0.29, 0.717) is 5.56 Å². The summed E-state index contributed by atoms with van der Waals surface area (Å²) in [7, 11) is 0. The molecule has 16 heavy (non-hydrogen) atoms. The third-order valence-corrected chi connectivity index (χ3v) is 3.60. The molecule has 0 spiro atoms. The first-order chi connectivity index (χ1) is 7.54. The summed E-state index contributed by atoms with van der Waals surface area (Å²) in [5, 5.41) is 17.8. The Morgan fingerprint density at radius 3 is 2.69 bits per heavy atom. The first-order valence-corrected chi connectivity index (χ1v) is 6.10. The van der Waals surface area contributed by atoms with Gasteiger partial charge in [0.2, 0.25) is 0 Å². The van der Waals surface area contributed by atoms with Crippen molar-refractivity contribution in [2.45, 2.75) is 18.7 Å². The molecule has 88 valence electrons. The zero-order chi connectivity index (χ0) is 12.1. The quantitative estimate of drug-likeness (QED) is 0.776. The molecule has 0 aromatic heterocycles. The van der Waals surface area contributed by atoms with Gasteiger partial charge >= 0.3 is 5.97 Å². The van der Waals surface area contributed by atoms with Crippen molar-refractivity contribution in [3.8, 4) is 0 Å². The second-order valence-electron chi connectivity index (χ2n) is 3.88. The fraction of sp³-hybridized carbons (Fsp3) is 0.417. The maximum Gasteiger partial charge on any atom is 0.335 e. The maximum absolute atomic E-state index is 10.8. The number of aromatic carboxylic acids is 1. The van der Waals surface area contributed by atoms with Crippen molar-refractivity contribution < 1.29 is 15.0 Å². The molecule has 4 heteroatoms. The van der Waals surface area contributed by atoms with E-state index in [1.807, 2.05) is 19.1 Å². The highest BCUT2D eigenvalue weighted by Crippen LogP contribution is 2.23. The fourth-order valence-corrected chi connectivity index (χ4v) is 2.26. The second-order valence-corrected chi connectivity index (χ2v) is 4.97. The number of hydrogen-bond acceptors (Lipinski definition) is 3. The topological polar surface area (TPSA) is 57.5 Å². The standard InChI is InChI=1S/C12H16O3S/c1-8(6-13)7-16-10-3-4-11(12(14)15)9(2)5-10/h3-5,8,13H,6-7H2,1-2H3,(H,14,15). The predicted molar refractivity (Wildman–Crippen MR) is 65.1 cm³/mol. The molecule has 0 bridgehead atoms. The minimum absolute atomic E-state index is 0.180. The molecule has 1 atom stereocenters. The molecule has 1 aromatic rings. The molecule has 1 unspecified atom stereocenters. The molecule has 0 saturated carbocycles. The lowest BCUT2D eigenvalue weighted by atomic mass is 10.1. The third-order valence-electron chi connectivity index (χ3n) is 2.27. The Kier molecular flexibility index (Phi) is 4.83. The molecule has 1 aromatic carbocycles. The molecular formula is C12H16O3S. The summed E-state index contributed by atoms with van der Waals surface area (Å²) in [5.41, 5.74) is 1.12. The number of rotatable bonds is 5. The number of aryl methyl sites for hydroxylation is 1. The van der Waals surface area contributed by atoms with Gasteiger partial charge in [-0.2, -0.15) is 0 Å². The Morgan fingerprint density at radius 2 is 2.19 bits per heavy atom. The first-order valence-electron chi connectivity index (χ1n) is 5.12. The van der Waals surface area contributed by atoms with Gasteiger partial charge in [-0.1, -0.05) is 6.92 Å². The van der Waals surface area contributed by atoms with Crippen LogP contribution in [0.2, 0.25) is 0 Å². The maximum atomic E-state index is 10.8. The molecule has 0 aliphatic heterocycles. The highest BCUT2D eigenvalue weighted by atomic mass is 32.2. The Bertz CT molecular complexity index is 377. The molecule has 1 rings (SSSR count). The summed E-state index contributed by atoms with van der Waals surface area (Å²) < 4.78 is 0. The van der Waals surface area contributed by atoms with E-state index < -0.39 is 5.97 Å². The van der Waals surface area contributed by atoms with Gasteiger partial charge in [0.15, 0.2) is 0 Å². The number of thioether (sulfide) groups is 1. The minimum atomic E-state index is -0.891. The Labute approximate surface area is 99.5 Å². The highest BCUT2D eigenvalue weighted by molar-refractivity contribution is 7.99. The van der Waals surface area contributed by atoms with Crippen molar-refractivity contribution >= 4 is 17.7 Å². The van der Waals surface area contributed by atoms with Crippen molar-refractivity contribution in [1.82, 2.24) is 0 Å². The molecular weight excluding hydrogens is 224 g/mol. The number of carboxylic acids is 1. The van der Waals surface area contributed by atoms with Crippen molar-refractivity contribution in [3.63, 3.8) is 0 Å². The molecule has 3 nitrogen and oxygen atoms in total. The summed E-state index contributed by atoms with van der Waals surface area (Å²) in [6.07, 6.45) is 0. The van der Waals surface area contributed by atoms with Crippen molar-refractivity contribution in [3.05, 3.63) is 29.3 Å². The Balaban J connectivity index is 2.70. The van der Waals surface area contributed by atoms with E-state index in [0.717, 1.165) is 16.2 Å². The summed E-state index contributed by atoms with van der Waals surface area (Å²) >= 11 is 1.63. The van der Waals surface area contributed by atoms with E-state index in [2.05, 4.69) is 0 Å². The smallest absolute Gasteiger partial charge is 0.335 e. The van der Waals surface area contributed by atoms with Gasteiger partial charge < -0.3 is 10.2 Å². The van der Waals surface area contributed by atoms with Gasteiger partial charge in [-0.25, -0.2) is 4.79 Å². The number of carbonyl (C=O) groups is 1. The van der Waals surface area contributed by atoms with Crippen LogP contribution in [-0.2, 0) is 0 Å². The summed E-state index contributed by atoms with van der Waals surface area (Å²) in [5.74, 6) is 0.199. The highest BCUT2D eigenvalue weighted by Gasteiger charge is 2.08. The van der Waals surface area contributed by atoms with Gasteiger partial charge in [0.1, 0.15) is 0 Å². The normalized spacial score (nSPS) is 12.4. The number of carboxylic acid groups (broad SMARTS) is 1. The van der Waals surface area contributed by atoms with Gasteiger partial charge in [-0.15, -0.1) is 11.8 Å². The summed E-state index contributed by atoms with van der Waals surface area (Å²) in [4.78, 5) is 11.8. The number of hydrogen-bond donors (Lipinski definition) is 2. The van der Waals surface area contributed by atoms with E-state index in [1.54, 1.807) is 24.8 Å². The Hall–Kier alpha value is -1.00. The largest absolute Gasteiger partial charge is 0.478 e. The van der Waals surface area contributed by atoms with Crippen molar-refractivity contribution in [2.24, 2.45) is 5.92 Å². The number of aliphatic hydroxyl groups is 1. The lowest BCUT2D eigenvalue weighted by Crippen LogP contribution is -2.03. The van der Waals surface area contributed by atoms with Crippen molar-refractivity contribution in [1.29, 1.82) is 0 Å². The van der Waals surface area contributed by atoms with Gasteiger partial charge in [-0.3, -0.25) is 0 Å². The number of benzene rings is 1. The zero-order valence-corrected chi connectivity index (χ0v) is 10.3. The summed E-state index contributed by atoms with van der Waals surface area (Å²) in [6.45, 7) is 3.95. The van der Waals surface area contributed by atoms with Crippen LogP contribution in [0.5, 0.6) is 0 Å². The molecule has 0 saturated heterocycles. The predicted octanol–water partition coefficient (Wildman–Crippen LogP) is 2.41. The summed E-state index contributed by atoms with van der Waals surface area (Å²) in [6, 6.07) is 5.31. The van der Waals surface area contributed by atoms with Crippen LogP contribution in [0.1, 0.15) is 22.8 Å². The second kappa shape index (κ2) is 5.92. The van der Waals surface area contributed by atoms with Crippen LogP contribution in [-0.4, -0.2) is 28.5 Å². The molecule has 0 aliphatic rings. The van der Waals surface area contributed by atoms with Crippen LogP contribution in [0.3, 0.4) is 0 Å². The minimum Gasteiger partial charge on any atom is -0.478 e. The van der Waals surface area contributed by atoms with Crippen LogP contribution in [0.25, 0.3) is 0 Å². The van der Waals surface area contributed by atoms with Crippen LogP contribution in [0, 0.1) is 12.8 Å². The van der Waals surface area contributed by atoms with Crippen LogP contribution < -0.4 is 0 Å². The van der Waals surface area contributed by atoms with Gasteiger partial charge in [0.05, 0.1) is 5.56 Å². The molecule has 2 N–H and O–H groups in total.